The van der Waals surface area contributed by atoms with Crippen LogP contribution in [0.1, 0.15) is 41.5 Å². The molecule has 0 spiro atoms. The van der Waals surface area contributed by atoms with Gasteiger partial charge in [0.1, 0.15) is 0 Å². The second kappa shape index (κ2) is 9.13. The zero-order chi connectivity index (χ0) is 12.5. The smallest absolute Gasteiger partial charge is 0.162 e. The average Bonchev–Trinajstić information content (AvgIpc) is 2.16. The van der Waals surface area contributed by atoms with E-state index in [1.165, 1.54) is 0 Å². The number of rotatable bonds is 5. The quantitative estimate of drug-likeness (QED) is 0.724. The molecule has 0 aliphatic carbocycles. The average molecular weight is 220 g/mol. The van der Waals surface area contributed by atoms with Gasteiger partial charge in [0.05, 0.1) is 6.61 Å². The molecule has 0 aromatic rings. The highest BCUT2D eigenvalue weighted by atomic mass is 16.7. The van der Waals surface area contributed by atoms with Gasteiger partial charge in [-0.25, -0.2) is 0 Å². The molecule has 0 amide bonds. The van der Waals surface area contributed by atoms with Crippen molar-refractivity contribution in [1.29, 1.82) is 0 Å². The molecule has 0 heterocycles. The van der Waals surface area contributed by atoms with Crippen LogP contribution in [0, 0.1) is 11.8 Å². The fourth-order valence-electron chi connectivity index (χ4n) is 0.426. The third-order valence-corrected chi connectivity index (χ3v) is 1.62. The number of aliphatic hydroxyl groups excluding tert-OH is 1. The SMILES string of the molecule is CC(C)CO.COC(C)(C)OCC(C)C. The van der Waals surface area contributed by atoms with E-state index in [0.717, 1.165) is 6.61 Å². The standard InChI is InChI=1S/C8H18O2.C4H10O/c1-7(2)6-10-8(3,4)9-5;1-4(2)3-5/h7H,6H2,1-5H3;4-5H,3H2,1-2H3. The number of methoxy groups -OCH3 is 1. The first kappa shape index (κ1) is 17.3. The molecular formula is C12H28O3. The lowest BCUT2D eigenvalue weighted by Crippen LogP contribution is -2.28. The zero-order valence-corrected chi connectivity index (χ0v) is 11.3. The van der Waals surface area contributed by atoms with Crippen molar-refractivity contribution in [3.05, 3.63) is 0 Å². The van der Waals surface area contributed by atoms with Gasteiger partial charge in [0.2, 0.25) is 0 Å². The largest absolute Gasteiger partial charge is 0.396 e. The summed E-state index contributed by atoms with van der Waals surface area (Å²) in [5.74, 6) is 0.578. The number of aliphatic hydroxyl groups is 1. The lowest BCUT2D eigenvalue weighted by molar-refractivity contribution is -0.202. The van der Waals surface area contributed by atoms with Gasteiger partial charge in [-0.3, -0.25) is 0 Å². The van der Waals surface area contributed by atoms with E-state index in [9.17, 15) is 0 Å². The van der Waals surface area contributed by atoms with E-state index in [0.29, 0.717) is 18.4 Å². The van der Waals surface area contributed by atoms with Gasteiger partial charge < -0.3 is 14.6 Å². The fraction of sp³-hybridized carbons (Fsp3) is 1.00. The molecule has 3 nitrogen and oxygen atoms in total. The zero-order valence-electron chi connectivity index (χ0n) is 11.3. The maximum Gasteiger partial charge on any atom is 0.162 e. The summed E-state index contributed by atoms with van der Waals surface area (Å²) in [6.45, 7) is 13.1. The summed E-state index contributed by atoms with van der Waals surface area (Å²) in [5.41, 5.74) is 0. The maximum atomic E-state index is 8.14. The van der Waals surface area contributed by atoms with E-state index in [4.69, 9.17) is 14.6 Å². The van der Waals surface area contributed by atoms with Crippen LogP contribution in [0.2, 0.25) is 0 Å². The van der Waals surface area contributed by atoms with E-state index in [2.05, 4.69) is 13.8 Å². The van der Waals surface area contributed by atoms with Crippen molar-refractivity contribution in [2.75, 3.05) is 20.3 Å². The molecule has 0 unspecified atom stereocenters. The molecule has 0 atom stereocenters. The highest BCUT2D eigenvalue weighted by Gasteiger charge is 2.16. The Morgan fingerprint density at radius 1 is 1.07 bits per heavy atom. The van der Waals surface area contributed by atoms with Gasteiger partial charge in [-0.1, -0.05) is 27.7 Å². The van der Waals surface area contributed by atoms with Gasteiger partial charge in [-0.15, -0.1) is 0 Å². The lowest BCUT2D eigenvalue weighted by atomic mass is 10.2. The molecule has 0 radical (unpaired) electrons. The van der Waals surface area contributed by atoms with Crippen molar-refractivity contribution >= 4 is 0 Å². The molecule has 0 aliphatic heterocycles. The monoisotopic (exact) mass is 220 g/mol. The van der Waals surface area contributed by atoms with E-state index in [1.54, 1.807) is 7.11 Å². The Hall–Kier alpha value is -0.120. The van der Waals surface area contributed by atoms with Crippen LogP contribution in [0.25, 0.3) is 0 Å². The molecule has 0 aromatic carbocycles. The Labute approximate surface area is 94.8 Å². The second-order valence-electron chi connectivity index (χ2n) is 4.89. The topological polar surface area (TPSA) is 38.7 Å². The summed E-state index contributed by atoms with van der Waals surface area (Å²) >= 11 is 0. The molecule has 0 rings (SSSR count). The third kappa shape index (κ3) is 16.5. The molecule has 0 saturated heterocycles. The minimum Gasteiger partial charge on any atom is -0.396 e. The normalized spacial score (nSPS) is 11.6. The Morgan fingerprint density at radius 2 is 1.47 bits per heavy atom. The Balaban J connectivity index is 0. The first-order valence-corrected chi connectivity index (χ1v) is 5.55. The molecule has 1 N–H and O–H groups in total. The van der Waals surface area contributed by atoms with Gasteiger partial charge in [0, 0.05) is 13.7 Å². The summed E-state index contributed by atoms with van der Waals surface area (Å²) in [5, 5.41) is 8.14. The second-order valence-corrected chi connectivity index (χ2v) is 4.89. The lowest BCUT2D eigenvalue weighted by Gasteiger charge is -2.24. The minimum atomic E-state index is -0.426. The van der Waals surface area contributed by atoms with E-state index < -0.39 is 5.79 Å². The van der Waals surface area contributed by atoms with Crippen molar-refractivity contribution in [3.63, 3.8) is 0 Å². The van der Waals surface area contributed by atoms with E-state index in [1.807, 2.05) is 27.7 Å². The van der Waals surface area contributed by atoms with Crippen LogP contribution in [-0.2, 0) is 9.47 Å². The summed E-state index contributed by atoms with van der Waals surface area (Å²) in [4.78, 5) is 0. The summed E-state index contributed by atoms with van der Waals surface area (Å²) < 4.78 is 10.5. The Kier molecular flexibility index (Phi) is 10.5. The van der Waals surface area contributed by atoms with Crippen LogP contribution in [0.3, 0.4) is 0 Å². The van der Waals surface area contributed by atoms with Crippen molar-refractivity contribution < 1.29 is 14.6 Å². The molecule has 0 fully saturated rings. The van der Waals surface area contributed by atoms with Gasteiger partial charge in [-0.2, -0.15) is 0 Å². The van der Waals surface area contributed by atoms with Crippen LogP contribution in [0.15, 0.2) is 0 Å². The third-order valence-electron chi connectivity index (χ3n) is 1.62. The van der Waals surface area contributed by atoms with E-state index in [-0.39, 0.29) is 0 Å². The Morgan fingerprint density at radius 3 is 1.67 bits per heavy atom. The number of ether oxygens (including phenoxy) is 2. The molecule has 15 heavy (non-hydrogen) atoms. The van der Waals surface area contributed by atoms with Gasteiger partial charge in [-0.05, 0) is 25.7 Å². The van der Waals surface area contributed by atoms with Crippen LogP contribution in [-0.4, -0.2) is 31.2 Å². The number of hydrogen-bond acceptors (Lipinski definition) is 3. The van der Waals surface area contributed by atoms with Crippen molar-refractivity contribution in [3.8, 4) is 0 Å². The predicted molar refractivity (Wildman–Crippen MR) is 63.8 cm³/mol. The molecule has 3 heteroatoms. The highest BCUT2D eigenvalue weighted by Crippen LogP contribution is 2.10. The van der Waals surface area contributed by atoms with Crippen LogP contribution < -0.4 is 0 Å². The minimum absolute atomic E-state index is 0.306. The molecule has 0 bridgehead atoms. The first-order chi connectivity index (χ1) is 6.75. The molecule has 94 valence electrons. The van der Waals surface area contributed by atoms with Crippen LogP contribution in [0.5, 0.6) is 0 Å². The van der Waals surface area contributed by atoms with Crippen molar-refractivity contribution in [2.45, 2.75) is 47.3 Å². The van der Waals surface area contributed by atoms with Gasteiger partial charge in [0.25, 0.3) is 0 Å². The van der Waals surface area contributed by atoms with Crippen molar-refractivity contribution in [1.82, 2.24) is 0 Å². The summed E-state index contributed by atoms with van der Waals surface area (Å²) in [6, 6.07) is 0. The summed E-state index contributed by atoms with van der Waals surface area (Å²) in [6.07, 6.45) is 0. The van der Waals surface area contributed by atoms with Gasteiger partial charge in [0.15, 0.2) is 5.79 Å². The van der Waals surface area contributed by atoms with Gasteiger partial charge >= 0.3 is 0 Å². The molecule has 0 saturated carbocycles. The highest BCUT2D eigenvalue weighted by molar-refractivity contribution is 4.52. The number of hydrogen-bond donors (Lipinski definition) is 1. The maximum absolute atomic E-state index is 8.14. The Bertz CT molecular complexity index is 131. The first-order valence-electron chi connectivity index (χ1n) is 5.55. The molecule has 0 aromatic heterocycles. The van der Waals surface area contributed by atoms with E-state index >= 15 is 0 Å². The fourth-order valence-corrected chi connectivity index (χ4v) is 0.426. The molecule has 0 aliphatic rings. The van der Waals surface area contributed by atoms with Crippen molar-refractivity contribution in [2.24, 2.45) is 11.8 Å². The predicted octanol–water partition coefficient (Wildman–Crippen LogP) is 2.68. The van der Waals surface area contributed by atoms with Crippen LogP contribution >= 0.6 is 0 Å². The van der Waals surface area contributed by atoms with Crippen LogP contribution in [0.4, 0.5) is 0 Å². The molecular weight excluding hydrogens is 192 g/mol. The summed E-state index contributed by atoms with van der Waals surface area (Å²) in [7, 11) is 1.65.